The summed E-state index contributed by atoms with van der Waals surface area (Å²) in [6.45, 7) is 0. The minimum absolute atomic E-state index is 0. The van der Waals surface area contributed by atoms with Gasteiger partial charge in [0.25, 0.3) is 5.91 Å². The molecule has 5 heteroatoms. The van der Waals surface area contributed by atoms with Crippen LogP contribution in [-0.2, 0) is 0 Å². The highest BCUT2D eigenvalue weighted by molar-refractivity contribution is 6.31. The maximum Gasteiger partial charge on any atom is 0.255 e. The third-order valence-corrected chi connectivity index (χ3v) is 3.22. The van der Waals surface area contributed by atoms with Crippen molar-refractivity contribution in [1.82, 2.24) is 4.98 Å². The molecule has 0 radical (unpaired) electrons. The number of nitrogens with one attached hydrogen (secondary N) is 1. The van der Waals surface area contributed by atoms with Crippen molar-refractivity contribution in [3.63, 3.8) is 0 Å². The first-order valence-corrected chi connectivity index (χ1v) is 6.52. The number of amides is 1. The molecule has 0 fully saturated rings. The average Bonchev–Trinajstić information content (AvgIpc) is 2.47. The molecule has 0 saturated heterocycles. The van der Waals surface area contributed by atoms with Crippen molar-refractivity contribution >= 4 is 46.5 Å². The molecular weight excluding hydrogens is 307 g/mol. The molecular formula is C16H12Cl2N2O. The lowest BCUT2D eigenvalue weighted by Gasteiger charge is -2.08. The molecule has 3 aromatic rings. The molecule has 0 aliphatic heterocycles. The monoisotopic (exact) mass is 318 g/mol. The Kier molecular flexibility index (Phi) is 4.78. The number of nitrogens with zero attached hydrogens (tertiary/aromatic N) is 1. The van der Waals surface area contributed by atoms with Crippen LogP contribution in [-0.4, -0.2) is 10.9 Å². The molecule has 0 atom stereocenters. The molecule has 1 heterocycles. The van der Waals surface area contributed by atoms with Gasteiger partial charge >= 0.3 is 0 Å². The van der Waals surface area contributed by atoms with Crippen LogP contribution in [0, 0.1) is 0 Å². The Labute approximate surface area is 133 Å². The molecule has 2 aromatic carbocycles. The Balaban J connectivity index is 0.00000161. The molecule has 0 saturated carbocycles. The second-order valence-corrected chi connectivity index (χ2v) is 4.78. The number of aromatic nitrogens is 1. The van der Waals surface area contributed by atoms with Crippen LogP contribution in [0.2, 0.25) is 5.02 Å². The number of halogens is 2. The lowest BCUT2D eigenvalue weighted by molar-refractivity contribution is 0.102. The van der Waals surface area contributed by atoms with Crippen LogP contribution in [0.4, 0.5) is 5.69 Å². The van der Waals surface area contributed by atoms with Crippen molar-refractivity contribution in [2.45, 2.75) is 0 Å². The summed E-state index contributed by atoms with van der Waals surface area (Å²) in [4.78, 5) is 16.5. The molecule has 0 bridgehead atoms. The van der Waals surface area contributed by atoms with E-state index in [0.29, 0.717) is 10.6 Å². The summed E-state index contributed by atoms with van der Waals surface area (Å²) < 4.78 is 0. The summed E-state index contributed by atoms with van der Waals surface area (Å²) in [5, 5.41) is 4.34. The minimum atomic E-state index is -0.191. The molecule has 0 aliphatic carbocycles. The van der Waals surface area contributed by atoms with Crippen molar-refractivity contribution in [2.24, 2.45) is 0 Å². The SMILES string of the molecule is Cl.O=C(Nc1cccc2ncccc12)c1cccc(Cl)c1. The van der Waals surface area contributed by atoms with Crippen molar-refractivity contribution in [3.8, 4) is 0 Å². The van der Waals surface area contributed by atoms with Gasteiger partial charge in [-0.05, 0) is 42.5 Å². The third-order valence-electron chi connectivity index (χ3n) is 2.98. The number of hydrogen-bond acceptors (Lipinski definition) is 2. The van der Waals surface area contributed by atoms with Gasteiger partial charge in [0.2, 0.25) is 0 Å². The Morgan fingerprint density at radius 2 is 1.86 bits per heavy atom. The minimum Gasteiger partial charge on any atom is -0.321 e. The van der Waals surface area contributed by atoms with Gasteiger partial charge in [-0.25, -0.2) is 0 Å². The second kappa shape index (κ2) is 6.57. The molecule has 0 spiro atoms. The standard InChI is InChI=1S/C16H11ClN2O.ClH/c17-12-5-1-4-11(10-12)16(20)19-15-8-2-7-14-13(15)6-3-9-18-14;/h1-10H,(H,19,20);1H. The van der Waals surface area contributed by atoms with Crippen LogP contribution in [0.3, 0.4) is 0 Å². The molecule has 0 aliphatic rings. The van der Waals surface area contributed by atoms with Crippen molar-refractivity contribution < 1.29 is 4.79 Å². The quantitative estimate of drug-likeness (QED) is 0.752. The molecule has 3 nitrogen and oxygen atoms in total. The number of fused-ring (bicyclic) bond motifs is 1. The molecule has 1 amide bonds. The lowest BCUT2D eigenvalue weighted by atomic mass is 10.1. The fourth-order valence-electron chi connectivity index (χ4n) is 2.04. The van der Waals surface area contributed by atoms with Crippen LogP contribution in [0.25, 0.3) is 10.9 Å². The molecule has 21 heavy (non-hydrogen) atoms. The van der Waals surface area contributed by atoms with Gasteiger partial charge in [0, 0.05) is 22.2 Å². The van der Waals surface area contributed by atoms with Gasteiger partial charge in [-0.3, -0.25) is 9.78 Å². The summed E-state index contributed by atoms with van der Waals surface area (Å²) >= 11 is 5.90. The summed E-state index contributed by atoms with van der Waals surface area (Å²) in [5.41, 5.74) is 2.11. The molecule has 106 valence electrons. The van der Waals surface area contributed by atoms with Crippen LogP contribution in [0.1, 0.15) is 10.4 Å². The highest BCUT2D eigenvalue weighted by atomic mass is 35.5. The largest absolute Gasteiger partial charge is 0.321 e. The topological polar surface area (TPSA) is 42.0 Å². The molecule has 0 unspecified atom stereocenters. The van der Waals surface area contributed by atoms with E-state index in [1.165, 1.54) is 0 Å². The smallest absolute Gasteiger partial charge is 0.255 e. The van der Waals surface area contributed by atoms with E-state index in [4.69, 9.17) is 11.6 Å². The van der Waals surface area contributed by atoms with E-state index in [-0.39, 0.29) is 18.3 Å². The third kappa shape index (κ3) is 3.32. The van der Waals surface area contributed by atoms with Gasteiger partial charge in [-0.1, -0.05) is 23.7 Å². The van der Waals surface area contributed by atoms with Gasteiger partial charge in [0.15, 0.2) is 0 Å². The number of carbonyl (C=O) groups excluding carboxylic acids is 1. The van der Waals surface area contributed by atoms with Crippen LogP contribution in [0.5, 0.6) is 0 Å². The number of anilines is 1. The zero-order chi connectivity index (χ0) is 13.9. The number of pyridine rings is 1. The van der Waals surface area contributed by atoms with E-state index < -0.39 is 0 Å². The first kappa shape index (κ1) is 15.3. The van der Waals surface area contributed by atoms with Crippen molar-refractivity contribution in [3.05, 3.63) is 71.4 Å². The maximum atomic E-state index is 12.2. The van der Waals surface area contributed by atoms with E-state index in [2.05, 4.69) is 10.3 Å². The first-order chi connectivity index (χ1) is 9.74. The van der Waals surface area contributed by atoms with Crippen LogP contribution < -0.4 is 5.32 Å². The predicted octanol–water partition coefficient (Wildman–Crippen LogP) is 4.56. The Morgan fingerprint density at radius 3 is 2.67 bits per heavy atom. The highest BCUT2D eigenvalue weighted by Crippen LogP contribution is 2.22. The van der Waals surface area contributed by atoms with Crippen molar-refractivity contribution in [2.75, 3.05) is 5.32 Å². The van der Waals surface area contributed by atoms with Gasteiger partial charge in [0.1, 0.15) is 0 Å². The van der Waals surface area contributed by atoms with Gasteiger partial charge in [0.05, 0.1) is 11.2 Å². The van der Waals surface area contributed by atoms with E-state index in [1.807, 2.05) is 30.3 Å². The van der Waals surface area contributed by atoms with E-state index in [0.717, 1.165) is 16.6 Å². The van der Waals surface area contributed by atoms with Crippen molar-refractivity contribution in [1.29, 1.82) is 0 Å². The number of rotatable bonds is 2. The summed E-state index contributed by atoms with van der Waals surface area (Å²) in [6, 6.07) is 16.2. The Hall–Kier alpha value is -2.10. The van der Waals surface area contributed by atoms with E-state index in [1.54, 1.807) is 30.5 Å². The second-order valence-electron chi connectivity index (χ2n) is 4.34. The fraction of sp³-hybridized carbons (Fsp3) is 0. The number of carbonyl (C=O) groups is 1. The Bertz CT molecular complexity index is 785. The normalized spacial score (nSPS) is 9.95. The lowest BCUT2D eigenvalue weighted by Crippen LogP contribution is -2.12. The number of hydrogen-bond donors (Lipinski definition) is 1. The van der Waals surface area contributed by atoms with Gasteiger partial charge in [-0.15, -0.1) is 12.4 Å². The highest BCUT2D eigenvalue weighted by Gasteiger charge is 2.08. The van der Waals surface area contributed by atoms with E-state index >= 15 is 0 Å². The van der Waals surface area contributed by atoms with E-state index in [9.17, 15) is 4.79 Å². The molecule has 1 aromatic heterocycles. The molecule has 1 N–H and O–H groups in total. The van der Waals surface area contributed by atoms with Crippen LogP contribution in [0.15, 0.2) is 60.8 Å². The average molecular weight is 319 g/mol. The summed E-state index contributed by atoms with van der Waals surface area (Å²) in [7, 11) is 0. The predicted molar refractivity (Wildman–Crippen MR) is 88.4 cm³/mol. The zero-order valence-electron chi connectivity index (χ0n) is 10.9. The van der Waals surface area contributed by atoms with Crippen LogP contribution >= 0.6 is 24.0 Å². The van der Waals surface area contributed by atoms with Gasteiger partial charge in [-0.2, -0.15) is 0 Å². The first-order valence-electron chi connectivity index (χ1n) is 6.15. The molecule has 3 rings (SSSR count). The summed E-state index contributed by atoms with van der Waals surface area (Å²) in [5.74, 6) is -0.191. The zero-order valence-corrected chi connectivity index (χ0v) is 12.5. The van der Waals surface area contributed by atoms with Gasteiger partial charge < -0.3 is 5.32 Å². The fourth-order valence-corrected chi connectivity index (χ4v) is 2.23. The maximum absolute atomic E-state index is 12.2. The summed E-state index contributed by atoms with van der Waals surface area (Å²) in [6.07, 6.45) is 1.73. The Morgan fingerprint density at radius 1 is 1.05 bits per heavy atom. The number of benzene rings is 2.